The van der Waals surface area contributed by atoms with Crippen LogP contribution in [0.5, 0.6) is 11.5 Å². The molecular weight excluding hydrogens is 486 g/mol. The van der Waals surface area contributed by atoms with Crippen molar-refractivity contribution in [3.8, 4) is 28.6 Å². The van der Waals surface area contributed by atoms with Crippen molar-refractivity contribution in [2.24, 2.45) is 5.10 Å². The van der Waals surface area contributed by atoms with Crippen LogP contribution < -0.4 is 15.1 Å². The quantitative estimate of drug-likeness (QED) is 0.149. The molecule has 1 heterocycles. The molecule has 37 heavy (non-hydrogen) atoms. The molecule has 9 heteroatoms. The number of carbonyl (C=O) groups excluding carboxylic acids is 1. The van der Waals surface area contributed by atoms with Gasteiger partial charge in [-0.05, 0) is 71.6 Å². The molecule has 1 aromatic heterocycles. The Hall–Kier alpha value is -4.11. The van der Waals surface area contributed by atoms with Gasteiger partial charge in [0.1, 0.15) is 11.4 Å². The van der Waals surface area contributed by atoms with Crippen LogP contribution in [0.3, 0.4) is 0 Å². The maximum atomic E-state index is 12.4. The number of aromatic nitrogens is 3. The van der Waals surface area contributed by atoms with Crippen LogP contribution in [-0.4, -0.2) is 33.2 Å². The first-order valence-electron chi connectivity index (χ1n) is 11.7. The Morgan fingerprint density at radius 2 is 1.84 bits per heavy atom. The lowest BCUT2D eigenvalue weighted by Crippen LogP contribution is -2.34. The number of nitrogens with one attached hydrogen (secondary N) is 2. The lowest BCUT2D eigenvalue weighted by Gasteiger charge is -2.18. The number of H-pyrrole nitrogens is 1. The monoisotopic (exact) mass is 515 g/mol. The topological polar surface area (TPSA) is 117 Å². The first-order chi connectivity index (χ1) is 17.6. The molecule has 0 saturated carbocycles. The minimum atomic E-state index is -0.383. The van der Waals surface area contributed by atoms with E-state index in [1.54, 1.807) is 0 Å². The van der Waals surface area contributed by atoms with Crippen LogP contribution in [-0.2, 0) is 10.2 Å². The standard InChI is InChI=1S/C28H29N5O3S/c1-18-5-12-22(13-6-18)33-26(19-7-10-21(11-8-19)28(2,3)4)31-32-27(33)37-17-25(36)30-29-16-20-9-14-23(34)15-24(20)35/h5-16H,17H2,1-4H3,(H3,29,30,34,35,36). The Morgan fingerprint density at radius 1 is 1.14 bits per heavy atom. The molecule has 0 aliphatic rings. The van der Waals surface area contributed by atoms with Gasteiger partial charge in [-0.2, -0.15) is 9.67 Å². The van der Waals surface area contributed by atoms with Crippen LogP contribution in [0.4, 0.5) is 0 Å². The molecular formula is C28H29N5O3S. The average molecular weight is 516 g/mol. The average Bonchev–Trinajstić information content (AvgIpc) is 3.28. The molecule has 1 amide bonds. The summed E-state index contributed by atoms with van der Waals surface area (Å²) in [5, 5.41) is 33.3. The van der Waals surface area contributed by atoms with Gasteiger partial charge in [-0.1, -0.05) is 62.4 Å². The van der Waals surface area contributed by atoms with Crippen LogP contribution in [0, 0.1) is 6.92 Å². The maximum Gasteiger partial charge on any atom is 0.342 e. The number of aryl methyl sites for hydroxylation is 1. The number of benzene rings is 3. The van der Waals surface area contributed by atoms with Crippen LogP contribution in [0.1, 0.15) is 37.5 Å². The molecule has 0 saturated heterocycles. The Kier molecular flexibility index (Phi) is 7.63. The smallest absolute Gasteiger partial charge is 0.342 e. The van der Waals surface area contributed by atoms with Gasteiger partial charge in [0.25, 0.3) is 11.7 Å². The third-order valence-electron chi connectivity index (χ3n) is 5.71. The fourth-order valence-electron chi connectivity index (χ4n) is 3.61. The molecule has 4 rings (SSSR count). The van der Waals surface area contributed by atoms with Crippen molar-refractivity contribution in [1.82, 2.24) is 15.6 Å². The van der Waals surface area contributed by atoms with E-state index in [1.165, 1.54) is 35.7 Å². The molecule has 3 N–H and O–H groups in total. The zero-order valence-electron chi connectivity index (χ0n) is 21.1. The fourth-order valence-corrected chi connectivity index (χ4v) is 4.37. The zero-order chi connectivity index (χ0) is 26.6. The van der Waals surface area contributed by atoms with E-state index in [1.807, 2.05) is 35.8 Å². The number of aromatic hydroxyl groups is 1. The molecule has 0 atom stereocenters. The third kappa shape index (κ3) is 6.37. The molecule has 0 aliphatic heterocycles. The summed E-state index contributed by atoms with van der Waals surface area (Å²) < 4.78 is 1.99. The first kappa shape index (κ1) is 26.0. The molecule has 3 aromatic carbocycles. The van der Waals surface area contributed by atoms with E-state index in [0.717, 1.165) is 28.7 Å². The second-order valence-corrected chi connectivity index (χ2v) is 10.6. The molecule has 4 aromatic rings. The van der Waals surface area contributed by atoms with Crippen molar-refractivity contribution in [2.45, 2.75) is 38.3 Å². The number of rotatable bonds is 7. The van der Waals surface area contributed by atoms with Crippen LogP contribution in [0.2, 0.25) is 0 Å². The van der Waals surface area contributed by atoms with Crippen molar-refractivity contribution in [2.75, 3.05) is 5.75 Å². The molecule has 0 fully saturated rings. The minimum absolute atomic E-state index is 0.0494. The summed E-state index contributed by atoms with van der Waals surface area (Å²) in [6.45, 7) is 8.57. The highest BCUT2D eigenvalue weighted by molar-refractivity contribution is 7.99. The number of carbonyl (C=O) groups is 1. The van der Waals surface area contributed by atoms with Crippen molar-refractivity contribution in [3.05, 3.63) is 83.4 Å². The molecule has 0 spiro atoms. The predicted octanol–water partition coefficient (Wildman–Crippen LogP) is 3.98. The number of hydrogen-bond donors (Lipinski definition) is 3. The Morgan fingerprint density at radius 3 is 2.49 bits per heavy atom. The highest BCUT2D eigenvalue weighted by atomic mass is 32.2. The van der Waals surface area contributed by atoms with Gasteiger partial charge in [0, 0.05) is 0 Å². The van der Waals surface area contributed by atoms with Gasteiger partial charge in [-0.25, -0.2) is 5.43 Å². The fraction of sp³-hybridized carbons (Fsp3) is 0.214. The van der Waals surface area contributed by atoms with Crippen molar-refractivity contribution in [1.29, 1.82) is 0 Å². The second-order valence-electron chi connectivity index (χ2n) is 9.66. The van der Waals surface area contributed by atoms with Gasteiger partial charge < -0.3 is 10.2 Å². The summed E-state index contributed by atoms with van der Waals surface area (Å²) in [6.07, 6.45) is 1.25. The van der Waals surface area contributed by atoms with Gasteiger partial charge in [-0.15, -0.1) is 5.10 Å². The van der Waals surface area contributed by atoms with E-state index in [-0.39, 0.29) is 34.1 Å². The summed E-state index contributed by atoms with van der Waals surface area (Å²) in [6, 6.07) is 20.4. The number of amides is 1. The lowest BCUT2D eigenvalue weighted by molar-refractivity contribution is -0.625. The normalized spacial score (nSPS) is 11.7. The Balaban J connectivity index is 1.53. The molecule has 190 valence electrons. The highest BCUT2D eigenvalue weighted by Crippen LogP contribution is 2.26. The maximum absolute atomic E-state index is 12.4. The van der Waals surface area contributed by atoms with Crippen LogP contribution in [0.15, 0.2) is 77.0 Å². The number of phenols is 1. The third-order valence-corrected chi connectivity index (χ3v) is 6.65. The number of hydrazone groups is 1. The largest absolute Gasteiger partial charge is 0.872 e. The van der Waals surface area contributed by atoms with Crippen LogP contribution in [0.25, 0.3) is 17.1 Å². The summed E-state index contributed by atoms with van der Waals surface area (Å²) in [7, 11) is 0. The van der Waals surface area contributed by atoms with Gasteiger partial charge in [-0.3, -0.25) is 4.79 Å². The first-order valence-corrected chi connectivity index (χ1v) is 12.7. The number of thioether (sulfide) groups is 1. The van der Waals surface area contributed by atoms with Gasteiger partial charge in [0.15, 0.2) is 0 Å². The molecule has 0 bridgehead atoms. The molecule has 0 unspecified atom stereocenters. The summed E-state index contributed by atoms with van der Waals surface area (Å²) in [5.41, 5.74) is 7.02. The predicted molar refractivity (Wildman–Crippen MR) is 143 cm³/mol. The van der Waals surface area contributed by atoms with Crippen molar-refractivity contribution < 1.29 is 19.6 Å². The van der Waals surface area contributed by atoms with E-state index >= 15 is 0 Å². The summed E-state index contributed by atoms with van der Waals surface area (Å²) in [4.78, 5) is 12.4. The van der Waals surface area contributed by atoms with Gasteiger partial charge in [0.2, 0.25) is 0 Å². The Bertz CT molecular complexity index is 1420. The second kappa shape index (κ2) is 10.9. The van der Waals surface area contributed by atoms with E-state index in [0.29, 0.717) is 5.16 Å². The lowest BCUT2D eigenvalue weighted by atomic mass is 9.87. The highest BCUT2D eigenvalue weighted by Gasteiger charge is 2.25. The minimum Gasteiger partial charge on any atom is -0.872 e. The number of phenolic OH excluding ortho intramolecular Hbond substituents is 1. The Labute approximate surface area is 220 Å². The van der Waals surface area contributed by atoms with Crippen LogP contribution >= 0.6 is 11.8 Å². The van der Waals surface area contributed by atoms with E-state index in [4.69, 9.17) is 0 Å². The number of nitrogens with zero attached hydrogens (tertiary/aromatic N) is 3. The zero-order valence-corrected chi connectivity index (χ0v) is 22.0. The van der Waals surface area contributed by atoms with E-state index < -0.39 is 0 Å². The van der Waals surface area contributed by atoms with E-state index in [2.05, 4.69) is 65.8 Å². The van der Waals surface area contributed by atoms with Crippen molar-refractivity contribution in [3.63, 3.8) is 0 Å². The summed E-state index contributed by atoms with van der Waals surface area (Å²) in [5.74, 6) is 0.0256. The number of hydrogen-bond acceptors (Lipinski definition) is 6. The van der Waals surface area contributed by atoms with Gasteiger partial charge >= 0.3 is 5.16 Å². The molecule has 0 aliphatic carbocycles. The SMILES string of the molecule is Cc1ccc(-[n+]2c(SCC(=O)N/N=C/c3ccc(O)cc3[O-])n[nH]c2-c2ccc(C(C)(C)C)cc2)cc1. The van der Waals surface area contributed by atoms with Crippen molar-refractivity contribution >= 4 is 23.9 Å². The van der Waals surface area contributed by atoms with Gasteiger partial charge in [0.05, 0.1) is 22.6 Å². The summed E-state index contributed by atoms with van der Waals surface area (Å²) >= 11 is 1.27. The number of aromatic amines is 1. The van der Waals surface area contributed by atoms with E-state index in [9.17, 15) is 15.0 Å². The molecule has 0 radical (unpaired) electrons. The molecule has 8 nitrogen and oxygen atoms in total.